The van der Waals surface area contributed by atoms with E-state index < -0.39 is 0 Å². The van der Waals surface area contributed by atoms with Crippen molar-refractivity contribution in [3.63, 3.8) is 0 Å². The zero-order valence-corrected chi connectivity index (χ0v) is 18.0. The van der Waals surface area contributed by atoms with Crippen molar-refractivity contribution >= 4 is 23.2 Å². The van der Waals surface area contributed by atoms with Crippen LogP contribution < -0.4 is 5.32 Å². The van der Waals surface area contributed by atoms with E-state index in [2.05, 4.69) is 31.1 Å². The molecule has 2 heterocycles. The molecule has 150 valence electrons. The number of likely N-dealkylation sites (tertiary alicyclic amines) is 1. The highest BCUT2D eigenvalue weighted by Crippen LogP contribution is 2.31. The topological polar surface area (TPSA) is 62.3 Å². The first-order valence-electron chi connectivity index (χ1n) is 10.3. The zero-order chi connectivity index (χ0) is 19.6. The van der Waals surface area contributed by atoms with Crippen LogP contribution >= 0.6 is 11.3 Å². The van der Waals surface area contributed by atoms with Gasteiger partial charge in [0.2, 0.25) is 5.91 Å². The van der Waals surface area contributed by atoms with Crippen LogP contribution in [0.2, 0.25) is 0 Å². The Morgan fingerprint density at radius 1 is 1.11 bits per heavy atom. The number of piperidine rings is 1. The molecule has 1 saturated heterocycles. The van der Waals surface area contributed by atoms with Crippen molar-refractivity contribution in [1.29, 1.82) is 0 Å². The monoisotopic (exact) mass is 391 g/mol. The SMILES string of the molecule is Cc1nc(C(C)(C)C)sc1C(=O)N1CCCC(C(=O)NC2CCCCC2)C1. The largest absolute Gasteiger partial charge is 0.353 e. The minimum atomic E-state index is -0.0834. The quantitative estimate of drug-likeness (QED) is 0.845. The lowest BCUT2D eigenvalue weighted by Crippen LogP contribution is -2.47. The number of carbonyl (C=O) groups is 2. The number of nitrogens with zero attached hydrogens (tertiary/aromatic N) is 2. The number of hydrogen-bond acceptors (Lipinski definition) is 4. The summed E-state index contributed by atoms with van der Waals surface area (Å²) in [5.74, 6) is 0.0893. The van der Waals surface area contributed by atoms with Crippen LogP contribution in [0.15, 0.2) is 0 Å². The van der Waals surface area contributed by atoms with Crippen LogP contribution in [0, 0.1) is 12.8 Å². The second-order valence-corrected chi connectivity index (χ2v) is 10.1. The highest BCUT2D eigenvalue weighted by molar-refractivity contribution is 7.14. The van der Waals surface area contributed by atoms with E-state index in [1.54, 1.807) is 0 Å². The van der Waals surface area contributed by atoms with Crippen LogP contribution in [0.25, 0.3) is 0 Å². The fraction of sp³-hybridized carbons (Fsp3) is 0.762. The van der Waals surface area contributed by atoms with Gasteiger partial charge in [0.25, 0.3) is 5.91 Å². The number of hydrogen-bond donors (Lipinski definition) is 1. The maximum atomic E-state index is 13.1. The third-order valence-electron chi connectivity index (χ3n) is 5.66. The van der Waals surface area contributed by atoms with E-state index in [0.29, 0.717) is 12.6 Å². The van der Waals surface area contributed by atoms with Crippen LogP contribution in [0.1, 0.15) is 86.1 Å². The lowest BCUT2D eigenvalue weighted by Gasteiger charge is -2.33. The van der Waals surface area contributed by atoms with E-state index in [4.69, 9.17) is 0 Å². The van der Waals surface area contributed by atoms with Gasteiger partial charge in [0.15, 0.2) is 0 Å². The lowest BCUT2D eigenvalue weighted by molar-refractivity contribution is -0.127. The molecule has 1 atom stereocenters. The number of nitrogens with one attached hydrogen (secondary N) is 1. The van der Waals surface area contributed by atoms with E-state index in [-0.39, 0.29) is 23.1 Å². The average Bonchev–Trinajstić information content (AvgIpc) is 3.04. The molecule has 3 rings (SSSR count). The normalized spacial score (nSPS) is 21.9. The fourth-order valence-corrected chi connectivity index (χ4v) is 5.09. The Bertz CT molecular complexity index is 686. The fourth-order valence-electron chi connectivity index (χ4n) is 4.00. The van der Waals surface area contributed by atoms with E-state index in [1.807, 2.05) is 11.8 Å². The summed E-state index contributed by atoms with van der Waals surface area (Å²) in [6.07, 6.45) is 7.65. The second-order valence-electron chi connectivity index (χ2n) is 9.12. The molecule has 0 spiro atoms. The van der Waals surface area contributed by atoms with E-state index in [0.717, 1.165) is 47.8 Å². The van der Waals surface area contributed by atoms with Gasteiger partial charge in [-0.2, -0.15) is 0 Å². The number of amides is 2. The molecule has 0 radical (unpaired) electrons. The van der Waals surface area contributed by atoms with E-state index in [9.17, 15) is 9.59 Å². The van der Waals surface area contributed by atoms with Gasteiger partial charge in [-0.15, -0.1) is 11.3 Å². The second kappa shape index (κ2) is 8.29. The van der Waals surface area contributed by atoms with Gasteiger partial charge in [0, 0.05) is 24.5 Å². The molecule has 1 unspecified atom stereocenters. The molecule has 1 aliphatic heterocycles. The summed E-state index contributed by atoms with van der Waals surface area (Å²) >= 11 is 1.50. The van der Waals surface area contributed by atoms with Crippen molar-refractivity contribution in [2.24, 2.45) is 5.92 Å². The average molecular weight is 392 g/mol. The summed E-state index contributed by atoms with van der Waals surface area (Å²) in [6.45, 7) is 9.52. The number of aromatic nitrogens is 1. The molecular weight excluding hydrogens is 358 g/mol. The number of thiazole rings is 1. The first kappa shape index (κ1) is 20.3. The maximum absolute atomic E-state index is 13.1. The van der Waals surface area contributed by atoms with Crippen molar-refractivity contribution in [3.8, 4) is 0 Å². The molecule has 6 heteroatoms. The Morgan fingerprint density at radius 2 is 1.81 bits per heavy atom. The molecule has 2 amide bonds. The molecule has 1 saturated carbocycles. The summed E-state index contributed by atoms with van der Waals surface area (Å²) in [6, 6.07) is 0.329. The summed E-state index contributed by atoms with van der Waals surface area (Å²) < 4.78 is 0. The van der Waals surface area contributed by atoms with Crippen LogP contribution in [-0.2, 0) is 10.2 Å². The number of rotatable bonds is 3. The first-order chi connectivity index (χ1) is 12.8. The highest BCUT2D eigenvalue weighted by atomic mass is 32.1. The van der Waals surface area contributed by atoms with Crippen LogP contribution in [0.3, 0.4) is 0 Å². The van der Waals surface area contributed by atoms with Crippen LogP contribution in [-0.4, -0.2) is 40.8 Å². The van der Waals surface area contributed by atoms with Gasteiger partial charge in [-0.25, -0.2) is 4.98 Å². The lowest BCUT2D eigenvalue weighted by atomic mass is 9.93. The Hall–Kier alpha value is -1.43. The first-order valence-corrected chi connectivity index (χ1v) is 11.1. The summed E-state index contributed by atoms with van der Waals surface area (Å²) in [5, 5.41) is 4.23. The van der Waals surface area contributed by atoms with E-state index in [1.165, 1.54) is 30.6 Å². The highest BCUT2D eigenvalue weighted by Gasteiger charge is 2.32. The van der Waals surface area contributed by atoms with Gasteiger partial charge < -0.3 is 10.2 Å². The van der Waals surface area contributed by atoms with Gasteiger partial charge in [-0.3, -0.25) is 9.59 Å². The van der Waals surface area contributed by atoms with Crippen LogP contribution in [0.4, 0.5) is 0 Å². The maximum Gasteiger partial charge on any atom is 0.265 e. The van der Waals surface area contributed by atoms with Gasteiger partial charge in [0.05, 0.1) is 16.6 Å². The molecule has 2 aliphatic rings. The van der Waals surface area contributed by atoms with Gasteiger partial charge in [-0.1, -0.05) is 40.0 Å². The van der Waals surface area contributed by atoms with Gasteiger partial charge in [0.1, 0.15) is 4.88 Å². The summed E-state index contributed by atoms with van der Waals surface area (Å²) in [4.78, 5) is 33.0. The Kier molecular flexibility index (Phi) is 6.24. The van der Waals surface area contributed by atoms with Crippen molar-refractivity contribution in [2.75, 3.05) is 13.1 Å². The van der Waals surface area contributed by atoms with Crippen molar-refractivity contribution in [3.05, 3.63) is 15.6 Å². The molecule has 0 aromatic carbocycles. The predicted octanol–water partition coefficient (Wildman–Crippen LogP) is 4.05. The summed E-state index contributed by atoms with van der Waals surface area (Å²) in [7, 11) is 0. The molecular formula is C21H33N3O2S. The van der Waals surface area contributed by atoms with Crippen LogP contribution in [0.5, 0.6) is 0 Å². The predicted molar refractivity (Wildman–Crippen MR) is 109 cm³/mol. The molecule has 1 N–H and O–H groups in total. The molecule has 5 nitrogen and oxygen atoms in total. The van der Waals surface area contributed by atoms with Gasteiger partial charge >= 0.3 is 0 Å². The van der Waals surface area contributed by atoms with Crippen molar-refractivity contribution in [2.45, 2.75) is 84.1 Å². The summed E-state index contributed by atoms with van der Waals surface area (Å²) in [5.41, 5.74) is 0.752. The third kappa shape index (κ3) is 4.89. The number of carbonyl (C=O) groups excluding carboxylic acids is 2. The minimum Gasteiger partial charge on any atom is -0.353 e. The minimum absolute atomic E-state index is 0.0377. The molecule has 27 heavy (non-hydrogen) atoms. The van der Waals surface area contributed by atoms with Gasteiger partial charge in [-0.05, 0) is 32.6 Å². The van der Waals surface area contributed by atoms with Crippen molar-refractivity contribution in [1.82, 2.24) is 15.2 Å². The Labute approximate surface area is 166 Å². The van der Waals surface area contributed by atoms with Crippen molar-refractivity contribution < 1.29 is 9.59 Å². The van der Waals surface area contributed by atoms with E-state index >= 15 is 0 Å². The standard InChI is InChI=1S/C21H33N3O2S/c1-14-17(27-20(22-14)21(2,3)4)19(26)24-12-8-9-15(13-24)18(25)23-16-10-6-5-7-11-16/h15-16H,5-13H2,1-4H3,(H,23,25). The smallest absolute Gasteiger partial charge is 0.265 e. The Balaban J connectivity index is 1.64. The third-order valence-corrected chi connectivity index (χ3v) is 7.23. The molecule has 1 aromatic heterocycles. The number of aryl methyl sites for hydroxylation is 1. The molecule has 1 aliphatic carbocycles. The molecule has 1 aromatic rings. The Morgan fingerprint density at radius 3 is 2.44 bits per heavy atom. The molecule has 0 bridgehead atoms. The zero-order valence-electron chi connectivity index (χ0n) is 17.1. The molecule has 2 fully saturated rings.